The van der Waals surface area contributed by atoms with Crippen LogP contribution in [0.1, 0.15) is 46.5 Å². The number of amides is 2. The Bertz CT molecular complexity index is 691. The molecule has 2 aliphatic heterocycles. The van der Waals surface area contributed by atoms with Gasteiger partial charge in [-0.05, 0) is 44.2 Å². The van der Waals surface area contributed by atoms with Gasteiger partial charge in [0.05, 0.1) is 23.5 Å². The summed E-state index contributed by atoms with van der Waals surface area (Å²) in [6.45, 7) is 8.82. The third-order valence-electron chi connectivity index (χ3n) is 6.37. The van der Waals surface area contributed by atoms with Crippen LogP contribution >= 0.6 is 0 Å². The van der Waals surface area contributed by atoms with Crippen LogP contribution in [0, 0.1) is 17.3 Å². The van der Waals surface area contributed by atoms with E-state index in [0.29, 0.717) is 12.6 Å². The van der Waals surface area contributed by atoms with E-state index in [9.17, 15) is 18.0 Å². The second kappa shape index (κ2) is 7.70. The molecule has 0 aromatic rings. The van der Waals surface area contributed by atoms with Gasteiger partial charge in [-0.2, -0.15) is 0 Å². The smallest absolute Gasteiger partial charge is 0.226 e. The van der Waals surface area contributed by atoms with Crippen molar-refractivity contribution in [2.24, 2.45) is 17.3 Å². The lowest BCUT2D eigenvalue weighted by Gasteiger charge is -2.25. The number of sulfone groups is 1. The quantitative estimate of drug-likeness (QED) is 0.652. The molecule has 0 unspecified atom stereocenters. The molecule has 0 aromatic heterocycles. The Hall–Kier alpha value is -1.15. The zero-order valence-corrected chi connectivity index (χ0v) is 17.5. The minimum atomic E-state index is -3.31. The van der Waals surface area contributed by atoms with Gasteiger partial charge >= 0.3 is 0 Å². The molecule has 0 aromatic carbocycles. The molecule has 1 saturated carbocycles. The molecular formula is C19H33N3O4S. The maximum absolute atomic E-state index is 12.7. The fraction of sp³-hybridized carbons (Fsp3) is 0.895. The van der Waals surface area contributed by atoms with Gasteiger partial charge in [-0.1, -0.05) is 20.8 Å². The van der Waals surface area contributed by atoms with Crippen LogP contribution in [0.5, 0.6) is 0 Å². The molecule has 0 bridgehead atoms. The third-order valence-corrected chi connectivity index (χ3v) is 8.10. The molecule has 2 saturated heterocycles. The van der Waals surface area contributed by atoms with Crippen LogP contribution in [-0.4, -0.2) is 68.4 Å². The van der Waals surface area contributed by atoms with E-state index in [1.165, 1.54) is 0 Å². The summed E-state index contributed by atoms with van der Waals surface area (Å²) in [6, 6.07) is -0.290. The van der Waals surface area contributed by atoms with Crippen molar-refractivity contribution in [1.29, 1.82) is 0 Å². The van der Waals surface area contributed by atoms with Crippen LogP contribution < -0.4 is 10.6 Å². The number of hydrogen-bond donors (Lipinski definition) is 2. The zero-order chi connectivity index (χ0) is 19.8. The first kappa shape index (κ1) is 20.6. The molecule has 3 aliphatic rings. The fourth-order valence-electron chi connectivity index (χ4n) is 4.50. The molecule has 2 N–H and O–H groups in total. The monoisotopic (exact) mass is 399 g/mol. The van der Waals surface area contributed by atoms with E-state index in [1.54, 1.807) is 0 Å². The predicted octanol–water partition coefficient (Wildman–Crippen LogP) is 0.553. The summed E-state index contributed by atoms with van der Waals surface area (Å²) in [5.74, 6) is -1.46. The standard InChI is InChI=1S/C19H33N3O4S/c1-4-7-22-8-5-6-13(22)10-20-17(23)14-11-27(25,26)12-16(14)21-18(24)15-9-19(15,2)3/h13-16H,4-12H2,1-3H3,(H,20,23)(H,21,24)/t13-,14+,15+,16+/m0/s1. The predicted molar refractivity (Wildman–Crippen MR) is 104 cm³/mol. The van der Waals surface area contributed by atoms with Crippen LogP contribution in [0.15, 0.2) is 0 Å². The summed E-state index contributed by atoms with van der Waals surface area (Å²) >= 11 is 0. The lowest BCUT2D eigenvalue weighted by Crippen LogP contribution is -2.49. The second-order valence-electron chi connectivity index (χ2n) is 9.12. The van der Waals surface area contributed by atoms with Crippen molar-refractivity contribution >= 4 is 21.7 Å². The van der Waals surface area contributed by atoms with E-state index < -0.39 is 21.8 Å². The summed E-state index contributed by atoms with van der Waals surface area (Å²) in [7, 11) is -3.31. The van der Waals surface area contributed by atoms with E-state index in [2.05, 4.69) is 22.5 Å². The van der Waals surface area contributed by atoms with Gasteiger partial charge in [0.1, 0.15) is 0 Å². The topological polar surface area (TPSA) is 95.6 Å². The van der Waals surface area contributed by atoms with Crippen molar-refractivity contribution in [1.82, 2.24) is 15.5 Å². The Kier molecular flexibility index (Phi) is 5.87. The van der Waals surface area contributed by atoms with Crippen molar-refractivity contribution in [3.05, 3.63) is 0 Å². The Morgan fingerprint density at radius 2 is 1.89 bits per heavy atom. The van der Waals surface area contributed by atoms with Crippen molar-refractivity contribution in [3.8, 4) is 0 Å². The maximum Gasteiger partial charge on any atom is 0.226 e. The molecule has 27 heavy (non-hydrogen) atoms. The summed E-state index contributed by atoms with van der Waals surface area (Å²) in [5, 5.41) is 5.81. The molecular weight excluding hydrogens is 366 g/mol. The molecule has 3 fully saturated rings. The van der Waals surface area contributed by atoms with Gasteiger partial charge in [0.15, 0.2) is 9.84 Å². The van der Waals surface area contributed by atoms with Gasteiger partial charge in [-0.25, -0.2) is 8.42 Å². The molecule has 4 atom stereocenters. The van der Waals surface area contributed by atoms with Gasteiger partial charge in [-0.15, -0.1) is 0 Å². The van der Waals surface area contributed by atoms with E-state index in [0.717, 1.165) is 38.8 Å². The van der Waals surface area contributed by atoms with Crippen LogP contribution in [0.25, 0.3) is 0 Å². The second-order valence-corrected chi connectivity index (χ2v) is 11.3. The Morgan fingerprint density at radius 1 is 1.19 bits per heavy atom. The van der Waals surface area contributed by atoms with Crippen molar-refractivity contribution in [3.63, 3.8) is 0 Å². The van der Waals surface area contributed by atoms with Crippen LogP contribution in [0.3, 0.4) is 0 Å². The minimum absolute atomic E-state index is 0.0233. The molecule has 0 radical (unpaired) electrons. The maximum atomic E-state index is 12.7. The first-order valence-corrected chi connectivity index (χ1v) is 12.0. The van der Waals surface area contributed by atoms with Crippen molar-refractivity contribution in [2.75, 3.05) is 31.1 Å². The number of carbonyl (C=O) groups excluding carboxylic acids is 2. The van der Waals surface area contributed by atoms with Crippen LogP contribution in [0.4, 0.5) is 0 Å². The number of likely N-dealkylation sites (tertiary alicyclic amines) is 1. The molecule has 3 rings (SSSR count). The fourth-order valence-corrected chi connectivity index (χ4v) is 6.43. The molecule has 2 amide bonds. The molecule has 8 heteroatoms. The third kappa shape index (κ3) is 4.83. The molecule has 1 aliphatic carbocycles. The van der Waals surface area contributed by atoms with Crippen LogP contribution in [-0.2, 0) is 19.4 Å². The highest BCUT2D eigenvalue weighted by Crippen LogP contribution is 2.51. The highest BCUT2D eigenvalue weighted by molar-refractivity contribution is 7.91. The molecule has 154 valence electrons. The van der Waals surface area contributed by atoms with Crippen LogP contribution in [0.2, 0.25) is 0 Å². The van der Waals surface area contributed by atoms with Crippen molar-refractivity contribution < 1.29 is 18.0 Å². The van der Waals surface area contributed by atoms with E-state index in [1.807, 2.05) is 13.8 Å². The summed E-state index contributed by atoms with van der Waals surface area (Å²) in [4.78, 5) is 27.5. The Balaban J connectivity index is 1.57. The highest BCUT2D eigenvalue weighted by atomic mass is 32.2. The van der Waals surface area contributed by atoms with E-state index in [4.69, 9.17) is 0 Å². The Labute approximate surface area is 162 Å². The number of nitrogens with one attached hydrogen (secondary N) is 2. The number of nitrogens with zero attached hydrogens (tertiary/aromatic N) is 1. The summed E-state index contributed by atoms with van der Waals surface area (Å²) < 4.78 is 24.2. The van der Waals surface area contributed by atoms with Crippen molar-refractivity contribution in [2.45, 2.75) is 58.5 Å². The van der Waals surface area contributed by atoms with E-state index >= 15 is 0 Å². The SMILES string of the molecule is CCCN1CCC[C@H]1CNC(=O)[C@@H]1CS(=O)(=O)C[C@H]1NC(=O)[C@H]1CC1(C)C. The minimum Gasteiger partial charge on any atom is -0.354 e. The van der Waals surface area contributed by atoms with Gasteiger partial charge in [0.25, 0.3) is 0 Å². The van der Waals surface area contributed by atoms with Gasteiger partial charge in [0, 0.05) is 18.5 Å². The number of rotatable bonds is 7. The lowest BCUT2D eigenvalue weighted by atomic mass is 10.0. The molecule has 2 heterocycles. The lowest BCUT2D eigenvalue weighted by molar-refractivity contribution is -0.127. The average Bonchev–Trinajstić information content (AvgIpc) is 2.90. The van der Waals surface area contributed by atoms with E-state index in [-0.39, 0.29) is 34.7 Å². The zero-order valence-electron chi connectivity index (χ0n) is 16.7. The largest absolute Gasteiger partial charge is 0.354 e. The normalized spacial score (nSPS) is 34.3. The number of carbonyl (C=O) groups is 2. The summed E-state index contributed by atoms with van der Waals surface area (Å²) in [6.07, 6.45) is 4.08. The highest BCUT2D eigenvalue weighted by Gasteiger charge is 2.52. The summed E-state index contributed by atoms with van der Waals surface area (Å²) in [5.41, 5.74) is -0.0233. The molecule has 0 spiro atoms. The first-order valence-electron chi connectivity index (χ1n) is 10.2. The average molecular weight is 400 g/mol. The van der Waals surface area contributed by atoms with Gasteiger partial charge < -0.3 is 10.6 Å². The molecule has 7 nitrogen and oxygen atoms in total. The van der Waals surface area contributed by atoms with Gasteiger partial charge in [0.2, 0.25) is 11.8 Å². The van der Waals surface area contributed by atoms with Gasteiger partial charge in [-0.3, -0.25) is 14.5 Å². The first-order chi connectivity index (χ1) is 12.6. The Morgan fingerprint density at radius 3 is 2.52 bits per heavy atom. The number of hydrogen-bond acceptors (Lipinski definition) is 5.